The van der Waals surface area contributed by atoms with Gasteiger partial charge >= 0.3 is 0 Å². The summed E-state index contributed by atoms with van der Waals surface area (Å²) < 4.78 is 5.99. The second-order valence-corrected chi connectivity index (χ2v) is 10.1. The van der Waals surface area contributed by atoms with Crippen LogP contribution in [-0.2, 0) is 6.42 Å². The molecular formula is C30H46N4O3. The van der Waals surface area contributed by atoms with Gasteiger partial charge in [-0.25, -0.2) is 0 Å². The van der Waals surface area contributed by atoms with Gasteiger partial charge in [-0.1, -0.05) is 43.2 Å². The number of ether oxygens (including phenoxy) is 1. The van der Waals surface area contributed by atoms with Gasteiger partial charge < -0.3 is 25.2 Å². The van der Waals surface area contributed by atoms with E-state index in [0.717, 1.165) is 58.0 Å². The summed E-state index contributed by atoms with van der Waals surface area (Å²) >= 11 is 0. The van der Waals surface area contributed by atoms with Gasteiger partial charge in [-0.15, -0.1) is 0 Å². The predicted molar refractivity (Wildman–Crippen MR) is 152 cm³/mol. The van der Waals surface area contributed by atoms with Crippen molar-refractivity contribution in [2.75, 3.05) is 61.0 Å². The molecule has 0 spiro atoms. The lowest BCUT2D eigenvalue weighted by Crippen LogP contribution is -2.29. The first-order valence-corrected chi connectivity index (χ1v) is 13.5. The molecule has 0 bridgehead atoms. The number of nitrogens with zero attached hydrogens (tertiary/aromatic N) is 2. The Kier molecular flexibility index (Phi) is 14.4. The average Bonchev–Trinajstić information content (AvgIpc) is 2.88. The molecule has 2 amide bonds. The van der Waals surface area contributed by atoms with Crippen LogP contribution < -0.4 is 15.4 Å². The van der Waals surface area contributed by atoms with Gasteiger partial charge in [0.1, 0.15) is 5.75 Å². The topological polar surface area (TPSA) is 73.9 Å². The van der Waals surface area contributed by atoms with Crippen LogP contribution in [0, 0.1) is 0 Å². The number of carbonyl (C=O) groups is 2. The van der Waals surface area contributed by atoms with Gasteiger partial charge in [0.05, 0.1) is 6.61 Å². The smallest absolute Gasteiger partial charge is 0.251 e. The molecule has 7 heteroatoms. The largest absolute Gasteiger partial charge is 0.494 e. The first-order chi connectivity index (χ1) is 17.8. The first kappa shape index (κ1) is 30.3. The number of amides is 2. The van der Waals surface area contributed by atoms with E-state index in [-0.39, 0.29) is 11.8 Å². The lowest BCUT2D eigenvalue weighted by Gasteiger charge is -2.13. The van der Waals surface area contributed by atoms with Crippen molar-refractivity contribution in [1.82, 2.24) is 20.4 Å². The number of hydrogen-bond acceptors (Lipinski definition) is 5. The zero-order valence-electron chi connectivity index (χ0n) is 23.2. The molecule has 7 nitrogen and oxygen atoms in total. The van der Waals surface area contributed by atoms with Crippen LogP contribution in [0.2, 0.25) is 0 Å². The monoisotopic (exact) mass is 510 g/mol. The molecular weight excluding hydrogens is 464 g/mol. The quantitative estimate of drug-likeness (QED) is 0.294. The molecule has 2 aromatic carbocycles. The normalized spacial score (nSPS) is 11.1. The molecule has 0 saturated heterocycles. The SMILES string of the molecule is CN(C)CCCNC(=O)c1cc(OCCCCCCc2ccccc2)cc(C(=O)NCCCN(C)C)c1. The van der Waals surface area contributed by atoms with E-state index in [1.807, 2.05) is 34.3 Å². The summed E-state index contributed by atoms with van der Waals surface area (Å²) in [7, 11) is 8.04. The van der Waals surface area contributed by atoms with Crippen LogP contribution in [0.3, 0.4) is 0 Å². The molecule has 2 N–H and O–H groups in total. The van der Waals surface area contributed by atoms with Crippen LogP contribution in [0.25, 0.3) is 0 Å². The van der Waals surface area contributed by atoms with Crippen molar-refractivity contribution in [3.8, 4) is 5.75 Å². The van der Waals surface area contributed by atoms with Gasteiger partial charge in [-0.3, -0.25) is 9.59 Å². The molecule has 0 aromatic heterocycles. The Labute approximate surface area is 223 Å². The van der Waals surface area contributed by atoms with E-state index in [9.17, 15) is 9.59 Å². The van der Waals surface area contributed by atoms with Crippen LogP contribution in [0.5, 0.6) is 5.75 Å². The molecule has 0 atom stereocenters. The Bertz CT molecular complexity index is 885. The van der Waals surface area contributed by atoms with Gasteiger partial charge in [0.2, 0.25) is 0 Å². The number of benzene rings is 2. The van der Waals surface area contributed by atoms with E-state index in [1.54, 1.807) is 18.2 Å². The van der Waals surface area contributed by atoms with E-state index in [2.05, 4.69) is 44.7 Å². The second kappa shape index (κ2) is 17.5. The lowest BCUT2D eigenvalue weighted by molar-refractivity contribution is 0.0951. The molecule has 0 aliphatic heterocycles. The highest BCUT2D eigenvalue weighted by atomic mass is 16.5. The van der Waals surface area contributed by atoms with E-state index < -0.39 is 0 Å². The number of rotatable bonds is 18. The van der Waals surface area contributed by atoms with E-state index in [4.69, 9.17) is 4.74 Å². The van der Waals surface area contributed by atoms with Gasteiger partial charge in [-0.2, -0.15) is 0 Å². The minimum atomic E-state index is -0.188. The maximum absolute atomic E-state index is 12.8. The van der Waals surface area contributed by atoms with Gasteiger partial charge in [0, 0.05) is 24.2 Å². The highest BCUT2D eigenvalue weighted by molar-refractivity contribution is 6.00. The standard InChI is InChI=1S/C30H46N4O3/c1-33(2)19-12-17-31-29(35)26-22-27(30(36)32-18-13-20-34(3)4)24-28(23-26)37-21-11-6-5-8-14-25-15-9-7-10-16-25/h7,9-10,15-16,22-24H,5-6,8,11-14,17-21H2,1-4H3,(H,31,35)(H,32,36). The molecule has 0 saturated carbocycles. The molecule has 37 heavy (non-hydrogen) atoms. The molecule has 204 valence electrons. The number of aryl methyl sites for hydroxylation is 1. The highest BCUT2D eigenvalue weighted by Crippen LogP contribution is 2.19. The van der Waals surface area contributed by atoms with Crippen LogP contribution in [0.4, 0.5) is 0 Å². The summed E-state index contributed by atoms with van der Waals surface area (Å²) in [4.78, 5) is 29.8. The minimum absolute atomic E-state index is 0.188. The van der Waals surface area contributed by atoms with Crippen molar-refractivity contribution in [3.05, 3.63) is 65.2 Å². The van der Waals surface area contributed by atoms with Crippen molar-refractivity contribution >= 4 is 11.8 Å². The van der Waals surface area contributed by atoms with Crippen LogP contribution in [0.15, 0.2) is 48.5 Å². The number of carbonyl (C=O) groups excluding carboxylic acids is 2. The summed E-state index contributed by atoms with van der Waals surface area (Å²) in [6, 6.07) is 15.7. The molecule has 0 radical (unpaired) electrons. The van der Waals surface area contributed by atoms with E-state index in [0.29, 0.717) is 36.6 Å². The Morgan fingerprint density at radius 1 is 0.703 bits per heavy atom. The number of hydrogen-bond donors (Lipinski definition) is 2. The fourth-order valence-electron chi connectivity index (χ4n) is 3.96. The maximum Gasteiger partial charge on any atom is 0.251 e. The molecule has 2 aromatic rings. The third kappa shape index (κ3) is 13.3. The highest BCUT2D eigenvalue weighted by Gasteiger charge is 2.14. The Hall–Kier alpha value is -2.90. The molecule has 0 aliphatic rings. The summed E-state index contributed by atoms with van der Waals surface area (Å²) in [6.45, 7) is 3.52. The molecule has 0 unspecified atom stereocenters. The molecule has 0 aliphatic carbocycles. The second-order valence-electron chi connectivity index (χ2n) is 10.1. The lowest BCUT2D eigenvalue weighted by atomic mass is 10.1. The van der Waals surface area contributed by atoms with Crippen LogP contribution >= 0.6 is 0 Å². The van der Waals surface area contributed by atoms with Crippen LogP contribution in [-0.4, -0.2) is 82.6 Å². The predicted octanol–water partition coefficient (Wildman–Crippen LogP) is 4.23. The minimum Gasteiger partial charge on any atom is -0.494 e. The van der Waals surface area contributed by atoms with Crippen molar-refractivity contribution < 1.29 is 14.3 Å². The molecule has 0 heterocycles. The van der Waals surface area contributed by atoms with Crippen molar-refractivity contribution in [1.29, 1.82) is 0 Å². The Morgan fingerprint density at radius 3 is 1.78 bits per heavy atom. The van der Waals surface area contributed by atoms with Crippen molar-refractivity contribution in [2.45, 2.75) is 44.9 Å². The number of nitrogens with one attached hydrogen (secondary N) is 2. The molecule has 2 rings (SSSR count). The van der Waals surface area contributed by atoms with Gasteiger partial charge in [0.25, 0.3) is 11.8 Å². The average molecular weight is 511 g/mol. The fraction of sp³-hybridized carbons (Fsp3) is 0.533. The van der Waals surface area contributed by atoms with Crippen molar-refractivity contribution in [3.63, 3.8) is 0 Å². The summed E-state index contributed by atoms with van der Waals surface area (Å²) in [5, 5.41) is 5.92. The summed E-state index contributed by atoms with van der Waals surface area (Å²) in [5.41, 5.74) is 2.27. The first-order valence-electron chi connectivity index (χ1n) is 13.5. The maximum atomic E-state index is 12.8. The Balaban J connectivity index is 1.89. The fourth-order valence-corrected chi connectivity index (χ4v) is 3.96. The van der Waals surface area contributed by atoms with E-state index in [1.165, 1.54) is 5.56 Å². The van der Waals surface area contributed by atoms with Gasteiger partial charge in [0.15, 0.2) is 0 Å². The van der Waals surface area contributed by atoms with Crippen LogP contribution in [0.1, 0.15) is 64.8 Å². The zero-order chi connectivity index (χ0) is 26.9. The number of unbranched alkanes of at least 4 members (excludes halogenated alkanes) is 3. The van der Waals surface area contributed by atoms with Crippen molar-refractivity contribution in [2.24, 2.45) is 0 Å². The van der Waals surface area contributed by atoms with Gasteiger partial charge in [-0.05, 0) is 97.1 Å². The summed E-state index contributed by atoms with van der Waals surface area (Å²) in [5.74, 6) is 0.183. The Morgan fingerprint density at radius 2 is 1.24 bits per heavy atom. The third-order valence-corrected chi connectivity index (χ3v) is 6.04. The summed E-state index contributed by atoms with van der Waals surface area (Å²) in [6.07, 6.45) is 7.14. The van der Waals surface area contributed by atoms with E-state index >= 15 is 0 Å². The zero-order valence-corrected chi connectivity index (χ0v) is 23.2. The molecule has 0 fully saturated rings. The third-order valence-electron chi connectivity index (χ3n) is 6.04.